The number of fused-ring (bicyclic) bond motifs is 1. The Hall–Kier alpha value is -3.17. The number of carbonyl (C=O) groups excluding carboxylic acids is 2. The number of hydrogen-bond acceptors (Lipinski definition) is 7. The number of anilines is 1. The van der Waals surface area contributed by atoms with Gasteiger partial charge < -0.3 is 24.2 Å². The number of carbonyl (C=O) groups is 2. The Morgan fingerprint density at radius 1 is 1.12 bits per heavy atom. The third kappa shape index (κ3) is 5.31. The van der Waals surface area contributed by atoms with Gasteiger partial charge >= 0.3 is 0 Å². The van der Waals surface area contributed by atoms with E-state index < -0.39 is 0 Å². The zero-order valence-corrected chi connectivity index (χ0v) is 20.6. The third-order valence-electron chi connectivity index (χ3n) is 6.05. The number of benzene rings is 1. The molecule has 34 heavy (non-hydrogen) atoms. The molecule has 0 atom stereocenters. The minimum atomic E-state index is -0.0192. The number of piperazine rings is 1. The molecule has 2 aromatic heterocycles. The van der Waals surface area contributed by atoms with Gasteiger partial charge in [-0.3, -0.25) is 9.59 Å². The van der Waals surface area contributed by atoms with Gasteiger partial charge in [0.15, 0.2) is 0 Å². The first-order chi connectivity index (χ1) is 16.5. The molecule has 0 aliphatic carbocycles. The van der Waals surface area contributed by atoms with Gasteiger partial charge in [0.1, 0.15) is 11.6 Å². The molecule has 0 bridgehead atoms. The van der Waals surface area contributed by atoms with Gasteiger partial charge in [-0.2, -0.15) is 0 Å². The molecule has 2 amide bonds. The lowest BCUT2D eigenvalue weighted by Gasteiger charge is -2.36. The van der Waals surface area contributed by atoms with Gasteiger partial charge in [0.05, 0.1) is 24.1 Å². The summed E-state index contributed by atoms with van der Waals surface area (Å²) in [7, 11) is 3.28. The number of methoxy groups -OCH3 is 2. The fraction of sp³-hybridized carbons (Fsp3) is 0.400. The normalized spacial score (nSPS) is 13.9. The molecule has 1 fully saturated rings. The maximum Gasteiger partial charge on any atom is 0.264 e. The van der Waals surface area contributed by atoms with E-state index in [0.29, 0.717) is 50.8 Å². The van der Waals surface area contributed by atoms with Crippen LogP contribution in [0.2, 0.25) is 0 Å². The minimum absolute atomic E-state index is 0.0192. The smallest absolute Gasteiger partial charge is 0.264 e. The van der Waals surface area contributed by atoms with Crippen LogP contribution in [0.5, 0.6) is 5.75 Å². The molecule has 0 spiro atoms. The van der Waals surface area contributed by atoms with E-state index in [1.54, 1.807) is 21.1 Å². The van der Waals surface area contributed by atoms with E-state index in [1.165, 1.54) is 11.3 Å². The maximum absolute atomic E-state index is 13.3. The summed E-state index contributed by atoms with van der Waals surface area (Å²) in [6, 6.07) is 11.7. The quantitative estimate of drug-likeness (QED) is 0.491. The molecule has 8 nitrogen and oxygen atoms in total. The summed E-state index contributed by atoms with van der Waals surface area (Å²) in [5, 5.41) is 2.89. The summed E-state index contributed by atoms with van der Waals surface area (Å²) in [6.07, 6.45) is 0. The van der Waals surface area contributed by atoms with Gasteiger partial charge in [-0.1, -0.05) is 6.07 Å². The summed E-state index contributed by atoms with van der Waals surface area (Å²) in [6.45, 7) is 5.61. The lowest BCUT2D eigenvalue weighted by atomic mass is 10.1. The standard InChI is InChI=1S/C25H30N4O4S/c1-18(30)27-8-10-28(11-9-27)24-20(15-19-6-7-21(33-3)16-22(19)26-24)17-29(12-13-32-2)25(31)23-5-4-14-34-23/h4-7,14-16H,8-13,17H2,1-3H3. The van der Waals surface area contributed by atoms with Crippen molar-refractivity contribution in [1.29, 1.82) is 0 Å². The van der Waals surface area contributed by atoms with Crippen molar-refractivity contribution < 1.29 is 19.1 Å². The fourth-order valence-corrected chi connectivity index (χ4v) is 4.84. The monoisotopic (exact) mass is 482 g/mol. The zero-order valence-electron chi connectivity index (χ0n) is 19.8. The van der Waals surface area contributed by atoms with E-state index >= 15 is 0 Å². The van der Waals surface area contributed by atoms with Gasteiger partial charge in [0.2, 0.25) is 5.91 Å². The fourth-order valence-electron chi connectivity index (χ4n) is 4.15. The SMILES string of the molecule is COCCN(Cc1cc2ccc(OC)cc2nc1N1CCN(C(C)=O)CC1)C(=O)c1cccs1. The number of hydrogen-bond donors (Lipinski definition) is 0. The Kier molecular flexibility index (Phi) is 7.64. The summed E-state index contributed by atoms with van der Waals surface area (Å²) < 4.78 is 10.7. The van der Waals surface area contributed by atoms with Crippen LogP contribution in [0.3, 0.4) is 0 Å². The lowest BCUT2D eigenvalue weighted by Crippen LogP contribution is -2.48. The predicted octanol–water partition coefficient (Wildman–Crippen LogP) is 3.26. The number of amides is 2. The number of nitrogens with zero attached hydrogens (tertiary/aromatic N) is 4. The topological polar surface area (TPSA) is 75.2 Å². The summed E-state index contributed by atoms with van der Waals surface area (Å²) in [5.41, 5.74) is 1.80. The van der Waals surface area contributed by atoms with Gasteiger partial charge in [-0.25, -0.2) is 4.98 Å². The van der Waals surface area contributed by atoms with E-state index in [-0.39, 0.29) is 11.8 Å². The second-order valence-corrected chi connectivity index (χ2v) is 9.17. The molecule has 0 radical (unpaired) electrons. The van der Waals surface area contributed by atoms with E-state index in [1.807, 2.05) is 45.5 Å². The molecule has 1 aromatic carbocycles. The largest absolute Gasteiger partial charge is 0.497 e. The minimum Gasteiger partial charge on any atom is -0.497 e. The van der Waals surface area contributed by atoms with Crippen molar-refractivity contribution in [2.75, 3.05) is 58.5 Å². The molecular weight excluding hydrogens is 452 g/mol. The number of pyridine rings is 1. The molecule has 0 saturated carbocycles. The second kappa shape index (κ2) is 10.8. The van der Waals surface area contributed by atoms with Crippen LogP contribution in [0.25, 0.3) is 10.9 Å². The van der Waals surface area contributed by atoms with Crippen LogP contribution in [0.15, 0.2) is 41.8 Å². The Morgan fingerprint density at radius 2 is 1.91 bits per heavy atom. The number of thiophene rings is 1. The highest BCUT2D eigenvalue weighted by atomic mass is 32.1. The molecule has 9 heteroatoms. The first kappa shape index (κ1) is 24.0. The molecular formula is C25H30N4O4S. The Morgan fingerprint density at radius 3 is 2.56 bits per heavy atom. The number of ether oxygens (including phenoxy) is 2. The summed E-state index contributed by atoms with van der Waals surface area (Å²) >= 11 is 1.44. The van der Waals surface area contributed by atoms with E-state index in [9.17, 15) is 9.59 Å². The lowest BCUT2D eigenvalue weighted by molar-refractivity contribution is -0.129. The summed E-state index contributed by atoms with van der Waals surface area (Å²) in [5.74, 6) is 1.65. The van der Waals surface area contributed by atoms with Gasteiger partial charge in [-0.05, 0) is 29.6 Å². The highest BCUT2D eigenvalue weighted by Crippen LogP contribution is 2.29. The number of aromatic nitrogens is 1. The van der Waals surface area contributed by atoms with Gasteiger partial charge in [-0.15, -0.1) is 11.3 Å². The molecule has 1 aliphatic rings. The third-order valence-corrected chi connectivity index (χ3v) is 6.91. The van der Waals surface area contributed by atoms with Crippen LogP contribution in [-0.4, -0.2) is 80.1 Å². The molecule has 4 rings (SSSR count). The number of rotatable bonds is 8. The van der Waals surface area contributed by atoms with Crippen LogP contribution < -0.4 is 9.64 Å². The van der Waals surface area contributed by atoms with E-state index in [2.05, 4.69) is 11.0 Å². The molecule has 0 N–H and O–H groups in total. The van der Waals surface area contributed by atoms with Crippen LogP contribution >= 0.6 is 11.3 Å². The maximum atomic E-state index is 13.3. The molecule has 180 valence electrons. The Bertz CT molecular complexity index is 1140. The van der Waals surface area contributed by atoms with Crippen LogP contribution in [0.1, 0.15) is 22.2 Å². The van der Waals surface area contributed by atoms with Crippen molar-refractivity contribution >= 4 is 39.9 Å². The van der Waals surface area contributed by atoms with Crippen LogP contribution in [0.4, 0.5) is 5.82 Å². The van der Waals surface area contributed by atoms with Gasteiger partial charge in [0, 0.05) is 70.3 Å². The first-order valence-corrected chi connectivity index (χ1v) is 12.2. The van der Waals surface area contributed by atoms with Crippen molar-refractivity contribution in [3.63, 3.8) is 0 Å². The molecule has 3 aromatic rings. The van der Waals surface area contributed by atoms with Crippen molar-refractivity contribution in [3.05, 3.63) is 52.2 Å². The average molecular weight is 483 g/mol. The summed E-state index contributed by atoms with van der Waals surface area (Å²) in [4.78, 5) is 36.6. The molecule has 1 aliphatic heterocycles. The molecule has 1 saturated heterocycles. The Balaban J connectivity index is 1.70. The highest BCUT2D eigenvalue weighted by molar-refractivity contribution is 7.12. The van der Waals surface area contributed by atoms with Gasteiger partial charge in [0.25, 0.3) is 5.91 Å². The zero-order chi connectivity index (χ0) is 24.1. The highest BCUT2D eigenvalue weighted by Gasteiger charge is 2.25. The Labute approximate surface area is 203 Å². The molecule has 0 unspecified atom stereocenters. The first-order valence-electron chi connectivity index (χ1n) is 11.3. The van der Waals surface area contributed by atoms with Crippen molar-refractivity contribution in [1.82, 2.24) is 14.8 Å². The van der Waals surface area contributed by atoms with Crippen molar-refractivity contribution in [2.24, 2.45) is 0 Å². The van der Waals surface area contributed by atoms with Crippen molar-refractivity contribution in [3.8, 4) is 5.75 Å². The van der Waals surface area contributed by atoms with Crippen LogP contribution in [-0.2, 0) is 16.1 Å². The van der Waals surface area contributed by atoms with Crippen LogP contribution in [0, 0.1) is 0 Å². The average Bonchev–Trinajstić information content (AvgIpc) is 3.40. The predicted molar refractivity (Wildman–Crippen MR) is 134 cm³/mol. The van der Waals surface area contributed by atoms with E-state index in [4.69, 9.17) is 14.5 Å². The van der Waals surface area contributed by atoms with E-state index in [0.717, 1.165) is 28.0 Å². The molecule has 3 heterocycles. The second-order valence-electron chi connectivity index (χ2n) is 8.22. The van der Waals surface area contributed by atoms with Crippen molar-refractivity contribution in [2.45, 2.75) is 13.5 Å².